The van der Waals surface area contributed by atoms with Crippen LogP contribution in [0.4, 0.5) is 5.69 Å². The summed E-state index contributed by atoms with van der Waals surface area (Å²) in [5.41, 5.74) is 2.13. The zero-order valence-corrected chi connectivity index (χ0v) is 18.8. The van der Waals surface area contributed by atoms with Gasteiger partial charge < -0.3 is 14.4 Å². The lowest BCUT2D eigenvalue weighted by Crippen LogP contribution is -2.46. The number of nitrogens with zero attached hydrogens (tertiary/aromatic N) is 4. The second kappa shape index (κ2) is 9.02. The largest absolute Gasteiger partial charge is 0.486 e. The summed E-state index contributed by atoms with van der Waals surface area (Å²) in [6.07, 6.45) is 1.67. The van der Waals surface area contributed by atoms with Crippen LogP contribution in [0.2, 0.25) is 10.0 Å². The van der Waals surface area contributed by atoms with Crippen molar-refractivity contribution in [1.29, 1.82) is 0 Å². The molecule has 0 atom stereocenters. The number of fused-ring (bicyclic) bond motifs is 1. The van der Waals surface area contributed by atoms with Crippen molar-refractivity contribution in [2.75, 3.05) is 44.3 Å². The monoisotopic (exact) mass is 472 g/mol. The van der Waals surface area contributed by atoms with E-state index in [4.69, 9.17) is 32.7 Å². The van der Waals surface area contributed by atoms with E-state index in [1.807, 2.05) is 42.5 Å². The maximum Gasteiger partial charge on any atom is 0.292 e. The number of aromatic nitrogens is 2. The van der Waals surface area contributed by atoms with Crippen molar-refractivity contribution >= 4 is 28.9 Å². The number of rotatable bonds is 4. The van der Waals surface area contributed by atoms with Crippen LogP contribution in [0.1, 0.15) is 5.56 Å². The third kappa shape index (κ3) is 4.16. The Morgan fingerprint density at radius 3 is 2.50 bits per heavy atom. The number of hydrogen-bond acceptors (Lipinski definition) is 6. The van der Waals surface area contributed by atoms with E-state index in [1.165, 1.54) is 4.68 Å². The van der Waals surface area contributed by atoms with Crippen molar-refractivity contribution in [3.63, 3.8) is 0 Å². The van der Waals surface area contributed by atoms with Crippen LogP contribution < -0.4 is 19.9 Å². The molecule has 2 aliphatic heterocycles. The van der Waals surface area contributed by atoms with Gasteiger partial charge in [0.25, 0.3) is 5.56 Å². The summed E-state index contributed by atoms with van der Waals surface area (Å²) in [5, 5.41) is 5.11. The van der Waals surface area contributed by atoms with E-state index in [9.17, 15) is 4.79 Å². The van der Waals surface area contributed by atoms with E-state index < -0.39 is 0 Å². The Morgan fingerprint density at radius 2 is 1.72 bits per heavy atom. The second-order valence-electron chi connectivity index (χ2n) is 7.76. The molecule has 2 aromatic carbocycles. The summed E-state index contributed by atoms with van der Waals surface area (Å²) in [6.45, 7) is 4.94. The normalized spacial score (nSPS) is 16.2. The van der Waals surface area contributed by atoms with Gasteiger partial charge in [-0.15, -0.1) is 0 Å². The Balaban J connectivity index is 1.27. The Morgan fingerprint density at radius 1 is 0.969 bits per heavy atom. The van der Waals surface area contributed by atoms with Crippen molar-refractivity contribution in [2.45, 2.75) is 6.54 Å². The van der Waals surface area contributed by atoms with E-state index >= 15 is 0 Å². The molecule has 0 aliphatic carbocycles. The second-order valence-corrected chi connectivity index (χ2v) is 8.55. The molecule has 1 saturated heterocycles. The van der Waals surface area contributed by atoms with Crippen molar-refractivity contribution in [1.82, 2.24) is 14.7 Å². The number of halogens is 2. The minimum Gasteiger partial charge on any atom is -0.486 e. The van der Waals surface area contributed by atoms with Gasteiger partial charge in [-0.1, -0.05) is 41.4 Å². The van der Waals surface area contributed by atoms with Crippen LogP contribution in [-0.4, -0.2) is 54.1 Å². The lowest BCUT2D eigenvalue weighted by Gasteiger charge is -2.36. The van der Waals surface area contributed by atoms with E-state index in [-0.39, 0.29) is 10.6 Å². The number of anilines is 1. The molecule has 0 saturated carbocycles. The predicted octanol–water partition coefficient (Wildman–Crippen LogP) is 3.63. The Hall–Kier alpha value is -2.74. The molecule has 32 heavy (non-hydrogen) atoms. The summed E-state index contributed by atoms with van der Waals surface area (Å²) in [5.74, 6) is 1.33. The zero-order valence-electron chi connectivity index (χ0n) is 17.3. The lowest BCUT2D eigenvalue weighted by atomic mass is 10.1. The van der Waals surface area contributed by atoms with Crippen molar-refractivity contribution in [3.8, 4) is 17.2 Å². The van der Waals surface area contributed by atoms with Crippen LogP contribution in [0, 0.1) is 0 Å². The third-order valence-corrected chi connectivity index (χ3v) is 6.31. The maximum atomic E-state index is 12.8. The first kappa shape index (κ1) is 21.1. The predicted molar refractivity (Wildman–Crippen MR) is 125 cm³/mol. The Kier molecular flexibility index (Phi) is 5.95. The Labute approximate surface area is 195 Å². The fraction of sp³-hybridized carbons (Fsp3) is 0.304. The molecule has 0 spiro atoms. The van der Waals surface area contributed by atoms with Crippen LogP contribution in [0.25, 0.3) is 5.69 Å². The van der Waals surface area contributed by atoms with E-state index in [1.54, 1.807) is 6.20 Å². The van der Waals surface area contributed by atoms with Crippen LogP contribution in [0.5, 0.6) is 11.5 Å². The third-order valence-electron chi connectivity index (χ3n) is 5.68. The smallest absolute Gasteiger partial charge is 0.292 e. The van der Waals surface area contributed by atoms with Crippen LogP contribution in [0.3, 0.4) is 0 Å². The van der Waals surface area contributed by atoms with Gasteiger partial charge in [0.1, 0.15) is 18.2 Å². The molecule has 0 bridgehead atoms. The average molecular weight is 473 g/mol. The molecule has 1 aromatic heterocycles. The molecule has 166 valence electrons. The van der Waals surface area contributed by atoms with Gasteiger partial charge in [0.05, 0.1) is 22.6 Å². The average Bonchev–Trinajstić information content (AvgIpc) is 2.82. The highest BCUT2D eigenvalue weighted by Crippen LogP contribution is 2.38. The summed E-state index contributed by atoms with van der Waals surface area (Å²) < 4.78 is 12.6. The van der Waals surface area contributed by atoms with E-state index in [0.717, 1.165) is 38.3 Å². The number of hydrogen-bond donors (Lipinski definition) is 0. The molecule has 2 aliphatic rings. The molecular weight excluding hydrogens is 451 g/mol. The summed E-state index contributed by atoms with van der Waals surface area (Å²) in [6, 6.07) is 13.2. The number of para-hydroxylation sites is 1. The zero-order chi connectivity index (χ0) is 22.1. The van der Waals surface area contributed by atoms with E-state index in [2.05, 4.69) is 14.9 Å². The first-order valence-corrected chi connectivity index (χ1v) is 11.2. The van der Waals surface area contributed by atoms with Gasteiger partial charge in [0.15, 0.2) is 11.5 Å². The highest BCUT2D eigenvalue weighted by molar-refractivity contribution is 6.33. The maximum absolute atomic E-state index is 12.8. The minimum atomic E-state index is -0.316. The highest BCUT2D eigenvalue weighted by Gasteiger charge is 2.23. The molecule has 0 N–H and O–H groups in total. The molecule has 5 rings (SSSR count). The molecule has 0 unspecified atom stereocenters. The standard InChI is InChI=1S/C23H22Cl2N4O3/c24-18-12-16(13-20-22(18)32-11-10-31-20)15-27-6-8-28(9-7-27)19-14-26-29(23(30)21(19)25)17-4-2-1-3-5-17/h1-5,12-14H,6-11,15H2. The van der Waals surface area contributed by atoms with Gasteiger partial charge in [0, 0.05) is 32.7 Å². The fourth-order valence-corrected chi connectivity index (χ4v) is 4.59. The van der Waals surface area contributed by atoms with Crippen LogP contribution in [-0.2, 0) is 6.54 Å². The van der Waals surface area contributed by atoms with Gasteiger partial charge in [-0.25, -0.2) is 0 Å². The van der Waals surface area contributed by atoms with Crippen LogP contribution in [0.15, 0.2) is 53.5 Å². The Bertz CT molecular complexity index is 1180. The van der Waals surface area contributed by atoms with Gasteiger partial charge >= 0.3 is 0 Å². The van der Waals surface area contributed by atoms with Crippen LogP contribution >= 0.6 is 23.2 Å². The number of benzene rings is 2. The first-order valence-electron chi connectivity index (χ1n) is 10.5. The van der Waals surface area contributed by atoms with Gasteiger partial charge in [0.2, 0.25) is 0 Å². The minimum absolute atomic E-state index is 0.191. The van der Waals surface area contributed by atoms with E-state index in [0.29, 0.717) is 41.1 Å². The quantitative estimate of drug-likeness (QED) is 0.577. The number of piperazine rings is 1. The SMILES string of the molecule is O=c1c(Cl)c(N2CCN(Cc3cc(Cl)c4c(c3)OCCO4)CC2)cnn1-c1ccccc1. The molecule has 7 nitrogen and oxygen atoms in total. The topological polar surface area (TPSA) is 59.8 Å². The summed E-state index contributed by atoms with van der Waals surface area (Å²) in [4.78, 5) is 17.2. The highest BCUT2D eigenvalue weighted by atomic mass is 35.5. The molecule has 0 radical (unpaired) electrons. The van der Waals surface area contributed by atoms with Crippen molar-refractivity contribution < 1.29 is 9.47 Å². The van der Waals surface area contributed by atoms with Gasteiger partial charge in [-0.2, -0.15) is 9.78 Å². The number of ether oxygens (including phenoxy) is 2. The lowest BCUT2D eigenvalue weighted by molar-refractivity contribution is 0.171. The van der Waals surface area contributed by atoms with Gasteiger partial charge in [-0.3, -0.25) is 9.69 Å². The molecule has 0 amide bonds. The fourth-order valence-electron chi connectivity index (χ4n) is 4.06. The first-order chi connectivity index (χ1) is 15.6. The molecular formula is C23H22Cl2N4O3. The van der Waals surface area contributed by atoms with Crippen molar-refractivity contribution in [3.05, 3.63) is 74.6 Å². The summed E-state index contributed by atoms with van der Waals surface area (Å²) >= 11 is 12.8. The van der Waals surface area contributed by atoms with Crippen molar-refractivity contribution in [2.24, 2.45) is 0 Å². The molecule has 3 aromatic rings. The molecule has 3 heterocycles. The van der Waals surface area contributed by atoms with Gasteiger partial charge in [-0.05, 0) is 29.8 Å². The molecule has 9 heteroatoms. The summed E-state index contributed by atoms with van der Waals surface area (Å²) in [7, 11) is 0. The molecule has 1 fully saturated rings.